The van der Waals surface area contributed by atoms with Crippen LogP contribution in [0.1, 0.15) is 20.8 Å². The van der Waals surface area contributed by atoms with Gasteiger partial charge >= 0.3 is 0 Å². The number of carbonyl (C=O) groups is 3. The molecule has 0 aromatic heterocycles. The van der Waals surface area contributed by atoms with E-state index in [1.807, 2.05) is 0 Å². The second kappa shape index (κ2) is 19.2. The summed E-state index contributed by atoms with van der Waals surface area (Å²) in [7, 11) is 0. The Morgan fingerprint density at radius 1 is 0.481 bits per heavy atom. The minimum Gasteiger partial charge on any atom is -0.394 e. The van der Waals surface area contributed by atoms with Crippen molar-refractivity contribution in [2.75, 3.05) is 26.4 Å². The summed E-state index contributed by atoms with van der Waals surface area (Å²) < 4.78 is 39.6. The largest absolute Gasteiger partial charge is 0.394 e. The van der Waals surface area contributed by atoms with Crippen LogP contribution in [0.15, 0.2) is 0 Å². The molecule has 4 heterocycles. The lowest BCUT2D eigenvalue weighted by Gasteiger charge is -2.48. The Labute approximate surface area is 307 Å². The van der Waals surface area contributed by atoms with Crippen LogP contribution in [0, 0.1) is 0 Å². The average molecular weight is 790 g/mol. The van der Waals surface area contributed by atoms with Crippen molar-refractivity contribution in [3.63, 3.8) is 0 Å². The maximum atomic E-state index is 12.2. The van der Waals surface area contributed by atoms with E-state index < -0.39 is 167 Å². The molecular weight excluding hydrogens is 738 g/mol. The maximum Gasteiger partial charge on any atom is 0.217 e. The summed E-state index contributed by atoms with van der Waals surface area (Å²) in [5.41, 5.74) is 0. The summed E-state index contributed by atoms with van der Waals surface area (Å²) in [5.74, 6) is -2.10. The molecule has 0 radical (unpaired) electrons. The first kappa shape index (κ1) is 44.4. The highest BCUT2D eigenvalue weighted by Crippen LogP contribution is 2.32. The minimum atomic E-state index is -1.92. The molecule has 0 aliphatic carbocycles. The predicted octanol–water partition coefficient (Wildman–Crippen LogP) is -9.32. The molecule has 4 aliphatic rings. The molecule has 312 valence electrons. The molecule has 0 aromatic rings. The molecule has 14 N–H and O–H groups in total. The SMILES string of the molecule is CC(=O)N[C@@H]1[C@@H](O[C@@H]2O[C@H](CO)[C@@H](O)[C@H](O)[C@H]2NC(C)=O)[C@@H](O)[C@@H](CO[C@@H]2O[C@H](CO)[C@@H](O[C@@H]3O[C@H](CO)[C@H](O)[C@H](O)[C@H]3O)[C@H](O)[C@H]2NC(C)=O)O[C@H]1O. The Morgan fingerprint density at radius 3 is 1.48 bits per heavy atom. The summed E-state index contributed by atoms with van der Waals surface area (Å²) in [6, 6.07) is -4.52. The van der Waals surface area contributed by atoms with Crippen LogP contribution in [0.5, 0.6) is 0 Å². The van der Waals surface area contributed by atoms with E-state index in [1.165, 1.54) is 0 Å². The maximum absolute atomic E-state index is 12.2. The van der Waals surface area contributed by atoms with Crippen molar-refractivity contribution in [3.8, 4) is 0 Å². The second-order valence-corrected chi connectivity index (χ2v) is 13.4. The van der Waals surface area contributed by atoms with Crippen LogP contribution in [0.3, 0.4) is 0 Å². The molecule has 20 atom stereocenters. The Hall–Kier alpha value is -2.31. The molecule has 0 bridgehead atoms. The van der Waals surface area contributed by atoms with Gasteiger partial charge in [0.05, 0.1) is 26.4 Å². The van der Waals surface area contributed by atoms with Gasteiger partial charge in [-0.05, 0) is 0 Å². The number of rotatable bonds is 13. The topological polar surface area (TPSA) is 374 Å². The van der Waals surface area contributed by atoms with E-state index in [4.69, 9.17) is 33.2 Å². The summed E-state index contributed by atoms with van der Waals surface area (Å²) in [6.45, 7) is 0.0952. The molecule has 0 unspecified atom stereocenters. The van der Waals surface area contributed by atoms with Gasteiger partial charge in [0.25, 0.3) is 0 Å². The van der Waals surface area contributed by atoms with Crippen molar-refractivity contribution in [2.45, 2.75) is 143 Å². The van der Waals surface area contributed by atoms with Gasteiger partial charge in [0.2, 0.25) is 17.7 Å². The Balaban J connectivity index is 1.54. The molecular formula is C30H51N3O21. The zero-order valence-electron chi connectivity index (χ0n) is 29.4. The summed E-state index contributed by atoms with van der Waals surface area (Å²) in [4.78, 5) is 36.2. The summed E-state index contributed by atoms with van der Waals surface area (Å²) in [6.07, 6.45) is -28.7. The molecule has 24 heteroatoms. The van der Waals surface area contributed by atoms with E-state index >= 15 is 0 Å². The van der Waals surface area contributed by atoms with Crippen molar-refractivity contribution in [3.05, 3.63) is 0 Å². The molecule has 0 spiro atoms. The van der Waals surface area contributed by atoms with Gasteiger partial charge in [-0.2, -0.15) is 0 Å². The van der Waals surface area contributed by atoms with Crippen molar-refractivity contribution < 1.29 is 104 Å². The van der Waals surface area contributed by atoms with E-state index in [2.05, 4.69) is 16.0 Å². The first-order valence-corrected chi connectivity index (χ1v) is 17.1. The molecule has 0 saturated carbocycles. The summed E-state index contributed by atoms with van der Waals surface area (Å²) >= 11 is 0. The van der Waals surface area contributed by atoms with Crippen molar-refractivity contribution in [2.24, 2.45) is 0 Å². The van der Waals surface area contributed by atoms with Crippen molar-refractivity contribution in [1.82, 2.24) is 16.0 Å². The van der Waals surface area contributed by atoms with Crippen molar-refractivity contribution in [1.29, 1.82) is 0 Å². The number of aliphatic hydroxyl groups is 11. The number of ether oxygens (including phenoxy) is 7. The first-order chi connectivity index (χ1) is 25.4. The lowest BCUT2D eigenvalue weighted by molar-refractivity contribution is -0.353. The predicted molar refractivity (Wildman–Crippen MR) is 169 cm³/mol. The van der Waals surface area contributed by atoms with Gasteiger partial charge in [-0.3, -0.25) is 14.4 Å². The van der Waals surface area contributed by atoms with Crippen LogP contribution in [0.25, 0.3) is 0 Å². The Bertz CT molecular complexity index is 1250. The molecule has 54 heavy (non-hydrogen) atoms. The standard InChI is InChI=1S/C30H51N3O21/c1-8(37)31-15-21(43)18(40)11(4-34)50-29(15)54-26-17(33-10(3)39)27(47)49-14(20(26)42)7-48-28-16(32-9(2)38)22(44)25(13(6-36)52-28)53-30-24(46)23(45)19(41)12(5-35)51-30/h11-30,34-36,40-47H,4-7H2,1-3H3,(H,31,37)(H,32,38)(H,33,39)/t11-,12-,13-,14-,15-,16-,17-,18-,19+,20+,21-,22-,23+,24-,25-,26-,27-,28-,29+,30+/m1/s1. The zero-order valence-corrected chi connectivity index (χ0v) is 29.4. The molecule has 4 saturated heterocycles. The Kier molecular flexibility index (Phi) is 15.8. The number of nitrogens with one attached hydrogen (secondary N) is 3. The molecule has 0 aromatic carbocycles. The van der Waals surface area contributed by atoms with Crippen LogP contribution >= 0.6 is 0 Å². The fourth-order valence-corrected chi connectivity index (χ4v) is 6.65. The van der Waals surface area contributed by atoms with Crippen LogP contribution < -0.4 is 16.0 Å². The highest BCUT2D eigenvalue weighted by molar-refractivity contribution is 5.74. The second-order valence-electron chi connectivity index (χ2n) is 13.4. The lowest BCUT2D eigenvalue weighted by Crippen LogP contribution is -2.70. The van der Waals surface area contributed by atoms with Crippen LogP contribution in [-0.4, -0.2) is 223 Å². The van der Waals surface area contributed by atoms with Gasteiger partial charge in [0, 0.05) is 20.8 Å². The third kappa shape index (κ3) is 9.97. The molecule has 4 rings (SSSR count). The van der Waals surface area contributed by atoms with Gasteiger partial charge in [-0.25, -0.2) is 0 Å². The third-order valence-corrected chi connectivity index (χ3v) is 9.39. The molecule has 3 amide bonds. The molecule has 4 aliphatic heterocycles. The molecule has 24 nitrogen and oxygen atoms in total. The third-order valence-electron chi connectivity index (χ3n) is 9.39. The van der Waals surface area contributed by atoms with Crippen LogP contribution in [0.2, 0.25) is 0 Å². The zero-order chi connectivity index (χ0) is 40.2. The van der Waals surface area contributed by atoms with Crippen molar-refractivity contribution >= 4 is 17.7 Å². The van der Waals surface area contributed by atoms with Gasteiger partial charge in [0.1, 0.15) is 97.5 Å². The van der Waals surface area contributed by atoms with E-state index in [0.717, 1.165) is 20.8 Å². The number of carbonyl (C=O) groups excluding carboxylic acids is 3. The highest BCUT2D eigenvalue weighted by Gasteiger charge is 2.54. The summed E-state index contributed by atoms with van der Waals surface area (Å²) in [5, 5.41) is 122. The fourth-order valence-electron chi connectivity index (χ4n) is 6.65. The van der Waals surface area contributed by atoms with Gasteiger partial charge in [-0.15, -0.1) is 0 Å². The Morgan fingerprint density at radius 2 is 0.944 bits per heavy atom. The van der Waals surface area contributed by atoms with E-state index in [0.29, 0.717) is 0 Å². The number of amides is 3. The highest BCUT2D eigenvalue weighted by atomic mass is 16.7. The smallest absolute Gasteiger partial charge is 0.217 e. The van der Waals surface area contributed by atoms with E-state index in [9.17, 15) is 70.6 Å². The van der Waals surface area contributed by atoms with Crippen LogP contribution in [0.4, 0.5) is 0 Å². The monoisotopic (exact) mass is 789 g/mol. The average Bonchev–Trinajstić information content (AvgIpc) is 3.11. The fraction of sp³-hybridized carbons (Fsp3) is 0.900. The van der Waals surface area contributed by atoms with E-state index in [-0.39, 0.29) is 0 Å². The molecule has 4 fully saturated rings. The first-order valence-electron chi connectivity index (χ1n) is 17.1. The van der Waals surface area contributed by atoms with E-state index in [1.54, 1.807) is 0 Å². The number of hydrogen-bond donors (Lipinski definition) is 14. The quantitative estimate of drug-likeness (QED) is 0.0823. The van der Waals surface area contributed by atoms with Crippen LogP contribution in [-0.2, 0) is 47.5 Å². The van der Waals surface area contributed by atoms with Gasteiger partial charge < -0.3 is 105 Å². The number of hydrogen-bond acceptors (Lipinski definition) is 21. The minimum absolute atomic E-state index is 0.687. The number of aliphatic hydroxyl groups excluding tert-OH is 11. The normalized spacial score (nSPS) is 45.7. The van der Waals surface area contributed by atoms with Gasteiger partial charge in [0.15, 0.2) is 25.2 Å². The lowest BCUT2D eigenvalue weighted by atomic mass is 9.94. The van der Waals surface area contributed by atoms with Gasteiger partial charge in [-0.1, -0.05) is 0 Å².